The van der Waals surface area contributed by atoms with E-state index in [-0.39, 0.29) is 39.9 Å². The molecule has 0 saturated carbocycles. The maximum atomic E-state index is 13.7. The highest BCUT2D eigenvalue weighted by Gasteiger charge is 2.42. The van der Waals surface area contributed by atoms with Gasteiger partial charge in [0.15, 0.2) is 27.9 Å². The van der Waals surface area contributed by atoms with Gasteiger partial charge < -0.3 is 14.2 Å². The Hall–Kier alpha value is -3.51. The van der Waals surface area contributed by atoms with E-state index in [2.05, 4.69) is 0 Å². The second kappa shape index (κ2) is 8.79. The number of hydrogen-bond donors (Lipinski definition) is 1. The van der Waals surface area contributed by atoms with Crippen molar-refractivity contribution in [3.8, 4) is 5.75 Å². The second-order valence-electron chi connectivity index (χ2n) is 7.33. The summed E-state index contributed by atoms with van der Waals surface area (Å²) < 4.78 is 67.1. The van der Waals surface area contributed by atoms with E-state index in [1.807, 2.05) is 0 Å². The Kier molecular flexibility index (Phi) is 6.04. The van der Waals surface area contributed by atoms with Gasteiger partial charge in [-0.1, -0.05) is 0 Å². The molecule has 1 aliphatic heterocycles. The summed E-state index contributed by atoms with van der Waals surface area (Å²) >= 11 is 0. The molecule has 2 unspecified atom stereocenters. The highest BCUT2D eigenvalue weighted by atomic mass is 32.2. The number of carbonyl (C=O) groups is 2. The lowest BCUT2D eigenvalue weighted by Crippen LogP contribution is -2.33. The van der Waals surface area contributed by atoms with E-state index in [0.29, 0.717) is 0 Å². The highest BCUT2D eigenvalue weighted by molar-refractivity contribution is 7.91. The van der Waals surface area contributed by atoms with Crippen molar-refractivity contribution >= 4 is 21.9 Å². The summed E-state index contributed by atoms with van der Waals surface area (Å²) in [5, 5.41) is 10.1. The Morgan fingerprint density at radius 2 is 1.88 bits per heavy atom. The van der Waals surface area contributed by atoms with E-state index in [1.54, 1.807) is 0 Å². The molecule has 1 saturated heterocycles. The lowest BCUT2D eigenvalue weighted by atomic mass is 10.2. The monoisotopic (exact) mass is 481 g/mol. The number of ether oxygens (including phenoxy) is 3. The van der Waals surface area contributed by atoms with E-state index in [1.165, 1.54) is 30.3 Å². The van der Waals surface area contributed by atoms with Gasteiger partial charge in [-0.25, -0.2) is 27.1 Å². The van der Waals surface area contributed by atoms with Gasteiger partial charge in [0.05, 0.1) is 4.90 Å². The summed E-state index contributed by atoms with van der Waals surface area (Å²) in [4.78, 5) is 23.2. The van der Waals surface area contributed by atoms with Crippen LogP contribution in [-0.2, 0) is 30.7 Å². The number of fused-ring (bicyclic) bond motifs is 1. The molecule has 33 heavy (non-hydrogen) atoms. The van der Waals surface area contributed by atoms with Crippen molar-refractivity contribution in [1.29, 1.82) is 0 Å². The van der Waals surface area contributed by atoms with Gasteiger partial charge in [0.2, 0.25) is 0 Å². The van der Waals surface area contributed by atoms with Crippen molar-refractivity contribution in [1.82, 2.24) is 5.06 Å². The molecule has 0 bridgehead atoms. The lowest BCUT2D eigenvalue weighted by molar-refractivity contribution is -0.156. The molecule has 2 aliphatic rings. The van der Waals surface area contributed by atoms with Crippen LogP contribution >= 0.6 is 0 Å². The number of carbonyl (C=O) groups excluding carboxylic acids is 2. The van der Waals surface area contributed by atoms with Crippen LogP contribution in [0.15, 0.2) is 59.0 Å². The van der Waals surface area contributed by atoms with Crippen LogP contribution in [0.4, 0.5) is 13.6 Å². The normalized spacial score (nSPS) is 19.4. The summed E-state index contributed by atoms with van der Waals surface area (Å²) in [6.45, 7) is -0.273. The lowest BCUT2D eigenvalue weighted by Gasteiger charge is -2.16. The molecule has 2 aromatic rings. The average molecular weight is 481 g/mol. The van der Waals surface area contributed by atoms with Gasteiger partial charge in [-0.2, -0.15) is 0 Å². The molecular formula is C21H17F2NO8S. The van der Waals surface area contributed by atoms with Crippen LogP contribution in [0, 0.1) is 11.6 Å². The summed E-state index contributed by atoms with van der Waals surface area (Å²) in [6, 6.07) is 7.93. The standard InChI is InChI=1S/C21H17F2NO8S/c22-14-1-6-17(23)13(7-14)10-30-15-2-4-16(5-3-15)33(28,29)11-24(27)20(25)12-8-18-19(9-12)32-21(26)31-18/h1-8,18-19,27H,9-11H2. The minimum absolute atomic E-state index is 0.00773. The van der Waals surface area contributed by atoms with Gasteiger partial charge in [0, 0.05) is 17.6 Å². The number of halogens is 2. The molecule has 1 fully saturated rings. The predicted molar refractivity (Wildman–Crippen MR) is 106 cm³/mol. The van der Waals surface area contributed by atoms with Crippen LogP contribution < -0.4 is 4.74 Å². The average Bonchev–Trinajstić information content (AvgIpc) is 3.31. The molecule has 2 atom stereocenters. The fraction of sp³-hybridized carbons (Fsp3) is 0.238. The fourth-order valence-electron chi connectivity index (χ4n) is 3.36. The molecule has 2 aromatic carbocycles. The minimum atomic E-state index is -4.11. The largest absolute Gasteiger partial charge is 0.509 e. The van der Waals surface area contributed by atoms with E-state index >= 15 is 0 Å². The van der Waals surface area contributed by atoms with Crippen molar-refractivity contribution in [2.75, 3.05) is 5.88 Å². The van der Waals surface area contributed by atoms with Gasteiger partial charge in [-0.3, -0.25) is 10.0 Å². The maximum absolute atomic E-state index is 13.7. The van der Waals surface area contributed by atoms with Crippen LogP contribution in [0.5, 0.6) is 5.75 Å². The number of hydroxylamine groups is 2. The third-order valence-corrected chi connectivity index (χ3v) is 6.59. The zero-order valence-electron chi connectivity index (χ0n) is 16.8. The summed E-state index contributed by atoms with van der Waals surface area (Å²) in [7, 11) is -4.11. The first-order chi connectivity index (χ1) is 15.6. The molecule has 1 aliphatic carbocycles. The quantitative estimate of drug-likeness (QED) is 0.364. The zero-order chi connectivity index (χ0) is 23.8. The maximum Gasteiger partial charge on any atom is 0.509 e. The van der Waals surface area contributed by atoms with Crippen molar-refractivity contribution < 1.29 is 46.2 Å². The third-order valence-electron chi connectivity index (χ3n) is 5.02. The highest BCUT2D eigenvalue weighted by Crippen LogP contribution is 2.31. The number of hydrogen-bond acceptors (Lipinski definition) is 8. The van der Waals surface area contributed by atoms with Crippen LogP contribution in [0.3, 0.4) is 0 Å². The summed E-state index contributed by atoms with van der Waals surface area (Å²) in [5.41, 5.74) is 0.0511. The van der Waals surface area contributed by atoms with E-state index < -0.39 is 51.6 Å². The Balaban J connectivity index is 1.37. The molecule has 4 rings (SSSR count). The van der Waals surface area contributed by atoms with E-state index in [4.69, 9.17) is 14.2 Å². The van der Waals surface area contributed by atoms with Crippen LogP contribution in [-0.4, -0.2) is 48.8 Å². The molecule has 0 radical (unpaired) electrons. The van der Waals surface area contributed by atoms with Gasteiger partial charge in [0.1, 0.15) is 24.0 Å². The summed E-state index contributed by atoms with van der Waals surface area (Å²) in [5.74, 6) is -3.04. The Labute approximate surface area is 186 Å². The first kappa shape index (κ1) is 22.7. The van der Waals surface area contributed by atoms with Crippen molar-refractivity contribution in [3.05, 3.63) is 71.3 Å². The molecule has 174 valence electrons. The van der Waals surface area contributed by atoms with Crippen LogP contribution in [0.25, 0.3) is 0 Å². The number of nitrogens with zero attached hydrogens (tertiary/aromatic N) is 1. The molecular weight excluding hydrogens is 464 g/mol. The van der Waals surface area contributed by atoms with E-state index in [9.17, 15) is 32.0 Å². The Morgan fingerprint density at radius 1 is 1.15 bits per heavy atom. The molecule has 0 spiro atoms. The van der Waals surface area contributed by atoms with Crippen molar-refractivity contribution in [2.45, 2.75) is 30.1 Å². The second-order valence-corrected chi connectivity index (χ2v) is 9.29. The first-order valence-corrected chi connectivity index (χ1v) is 11.3. The van der Waals surface area contributed by atoms with Gasteiger partial charge >= 0.3 is 6.16 Å². The predicted octanol–water partition coefficient (Wildman–Crippen LogP) is 2.73. The van der Waals surface area contributed by atoms with Crippen LogP contribution in [0.2, 0.25) is 0 Å². The molecule has 1 N–H and O–H groups in total. The van der Waals surface area contributed by atoms with Crippen molar-refractivity contribution in [2.24, 2.45) is 0 Å². The number of amides is 1. The first-order valence-electron chi connectivity index (χ1n) is 9.60. The molecule has 9 nitrogen and oxygen atoms in total. The number of benzene rings is 2. The van der Waals surface area contributed by atoms with Crippen molar-refractivity contribution in [3.63, 3.8) is 0 Å². The Bertz CT molecular complexity index is 1230. The van der Waals surface area contributed by atoms with Gasteiger partial charge in [0.25, 0.3) is 5.91 Å². The van der Waals surface area contributed by atoms with Gasteiger partial charge in [-0.05, 0) is 48.5 Å². The Morgan fingerprint density at radius 3 is 2.58 bits per heavy atom. The minimum Gasteiger partial charge on any atom is -0.489 e. The zero-order valence-corrected chi connectivity index (χ0v) is 17.6. The fourth-order valence-corrected chi connectivity index (χ4v) is 4.50. The topological polar surface area (TPSA) is 119 Å². The smallest absolute Gasteiger partial charge is 0.489 e. The molecule has 1 heterocycles. The summed E-state index contributed by atoms with van der Waals surface area (Å²) in [6.07, 6.45) is -1.000. The third kappa shape index (κ3) is 4.96. The molecule has 0 aromatic heterocycles. The van der Waals surface area contributed by atoms with E-state index in [0.717, 1.165) is 18.2 Å². The van der Waals surface area contributed by atoms with Crippen LogP contribution in [0.1, 0.15) is 12.0 Å². The number of rotatable bonds is 7. The SMILES string of the molecule is O=C1OC2C=C(C(=O)N(O)CS(=O)(=O)c3ccc(OCc4cc(F)ccc4F)cc3)CC2O1. The molecule has 12 heteroatoms. The molecule has 1 amide bonds. The van der Waals surface area contributed by atoms with Gasteiger partial charge in [-0.15, -0.1) is 0 Å². The number of sulfone groups is 1.